The van der Waals surface area contributed by atoms with Gasteiger partial charge in [0.05, 0.1) is 17.3 Å². The summed E-state index contributed by atoms with van der Waals surface area (Å²) in [6.45, 7) is 1.99. The molecule has 5 heteroatoms. The van der Waals surface area contributed by atoms with Crippen molar-refractivity contribution in [1.82, 2.24) is 10.2 Å². The van der Waals surface area contributed by atoms with Gasteiger partial charge >= 0.3 is 0 Å². The zero-order valence-electron chi connectivity index (χ0n) is 10.0. The quantitative estimate of drug-likeness (QED) is 0.894. The third-order valence-electron chi connectivity index (χ3n) is 2.96. The second-order valence-electron chi connectivity index (χ2n) is 4.64. The van der Waals surface area contributed by atoms with Crippen LogP contribution in [-0.4, -0.2) is 16.3 Å². The molecule has 2 aromatic rings. The van der Waals surface area contributed by atoms with Crippen molar-refractivity contribution in [3.05, 3.63) is 28.9 Å². The Morgan fingerprint density at radius 3 is 2.78 bits per heavy atom. The van der Waals surface area contributed by atoms with Crippen LogP contribution in [0, 0.1) is 6.92 Å². The van der Waals surface area contributed by atoms with E-state index in [1.807, 2.05) is 19.1 Å². The van der Waals surface area contributed by atoms with Crippen molar-refractivity contribution in [3.8, 4) is 16.9 Å². The zero-order valence-corrected chi connectivity index (χ0v) is 10.8. The van der Waals surface area contributed by atoms with E-state index in [4.69, 9.17) is 22.1 Å². The topological polar surface area (TPSA) is 63.9 Å². The Morgan fingerprint density at radius 1 is 1.39 bits per heavy atom. The first-order valence-corrected chi connectivity index (χ1v) is 6.29. The van der Waals surface area contributed by atoms with Crippen LogP contribution in [0.4, 0.5) is 5.82 Å². The molecular formula is C13H14ClN3O. The predicted octanol–water partition coefficient (Wildman–Crippen LogP) is 3.16. The van der Waals surface area contributed by atoms with Gasteiger partial charge in [0.2, 0.25) is 0 Å². The van der Waals surface area contributed by atoms with Crippen molar-refractivity contribution in [2.24, 2.45) is 0 Å². The molecular weight excluding hydrogens is 250 g/mol. The van der Waals surface area contributed by atoms with Gasteiger partial charge in [0.1, 0.15) is 11.6 Å². The Kier molecular flexibility index (Phi) is 2.67. The summed E-state index contributed by atoms with van der Waals surface area (Å²) >= 11 is 6.28. The molecule has 1 aromatic heterocycles. The average molecular weight is 264 g/mol. The van der Waals surface area contributed by atoms with E-state index < -0.39 is 0 Å². The number of aromatic amines is 1. The van der Waals surface area contributed by atoms with Crippen LogP contribution in [0.15, 0.2) is 18.3 Å². The van der Waals surface area contributed by atoms with Crippen LogP contribution in [0.1, 0.15) is 18.4 Å². The molecule has 0 atom stereocenters. The summed E-state index contributed by atoms with van der Waals surface area (Å²) < 4.78 is 5.89. The average Bonchev–Trinajstić information content (AvgIpc) is 3.03. The molecule has 1 aliphatic rings. The van der Waals surface area contributed by atoms with Crippen molar-refractivity contribution in [2.75, 3.05) is 5.73 Å². The molecule has 1 aromatic carbocycles. The molecule has 4 nitrogen and oxygen atoms in total. The van der Waals surface area contributed by atoms with Crippen molar-refractivity contribution >= 4 is 17.4 Å². The number of hydrogen-bond donors (Lipinski definition) is 2. The molecule has 3 rings (SSSR count). The van der Waals surface area contributed by atoms with E-state index in [1.54, 1.807) is 6.20 Å². The molecule has 0 saturated heterocycles. The number of nitrogen functional groups attached to an aromatic ring is 1. The summed E-state index contributed by atoms with van der Waals surface area (Å²) in [5.41, 5.74) is 8.67. The molecule has 1 heterocycles. The number of ether oxygens (including phenoxy) is 1. The molecule has 0 radical (unpaired) electrons. The number of rotatable bonds is 3. The Hall–Kier alpha value is -1.68. The molecule has 18 heavy (non-hydrogen) atoms. The second kappa shape index (κ2) is 4.21. The fourth-order valence-corrected chi connectivity index (χ4v) is 2.23. The van der Waals surface area contributed by atoms with E-state index >= 15 is 0 Å². The molecule has 0 amide bonds. The lowest BCUT2D eigenvalue weighted by molar-refractivity contribution is 0.304. The molecule has 1 aliphatic carbocycles. The van der Waals surface area contributed by atoms with Gasteiger partial charge in [0.25, 0.3) is 0 Å². The smallest absolute Gasteiger partial charge is 0.146 e. The number of halogens is 1. The van der Waals surface area contributed by atoms with E-state index in [0.717, 1.165) is 29.5 Å². The van der Waals surface area contributed by atoms with Gasteiger partial charge in [-0.3, -0.25) is 5.10 Å². The van der Waals surface area contributed by atoms with E-state index in [1.165, 1.54) is 0 Å². The monoisotopic (exact) mass is 263 g/mol. The normalized spacial score (nSPS) is 14.8. The highest BCUT2D eigenvalue weighted by Gasteiger charge is 2.26. The predicted molar refractivity (Wildman–Crippen MR) is 71.8 cm³/mol. The van der Waals surface area contributed by atoms with E-state index in [9.17, 15) is 0 Å². The van der Waals surface area contributed by atoms with Crippen LogP contribution in [0.3, 0.4) is 0 Å². The number of hydrogen-bond acceptors (Lipinski definition) is 3. The third kappa shape index (κ3) is 2.04. The molecule has 3 N–H and O–H groups in total. The Morgan fingerprint density at radius 2 is 2.17 bits per heavy atom. The van der Waals surface area contributed by atoms with Crippen LogP contribution < -0.4 is 10.5 Å². The Labute approximate surface area is 110 Å². The van der Waals surface area contributed by atoms with Gasteiger partial charge in [-0.05, 0) is 37.5 Å². The lowest BCUT2D eigenvalue weighted by Gasteiger charge is -2.13. The van der Waals surface area contributed by atoms with E-state index in [2.05, 4.69) is 10.2 Å². The summed E-state index contributed by atoms with van der Waals surface area (Å²) in [5.74, 6) is 1.23. The number of nitrogens with one attached hydrogen (secondary N) is 1. The summed E-state index contributed by atoms with van der Waals surface area (Å²) in [6, 6.07) is 3.92. The van der Waals surface area contributed by atoms with Gasteiger partial charge < -0.3 is 10.5 Å². The lowest BCUT2D eigenvalue weighted by Crippen LogP contribution is -2.00. The largest absolute Gasteiger partial charge is 0.488 e. The number of H-pyrrole nitrogens is 1. The minimum Gasteiger partial charge on any atom is -0.488 e. The highest BCUT2D eigenvalue weighted by molar-refractivity contribution is 6.32. The van der Waals surface area contributed by atoms with Crippen LogP contribution in [0.5, 0.6) is 5.75 Å². The molecule has 0 unspecified atom stereocenters. The third-order valence-corrected chi connectivity index (χ3v) is 3.24. The maximum Gasteiger partial charge on any atom is 0.146 e. The molecule has 1 saturated carbocycles. The summed E-state index contributed by atoms with van der Waals surface area (Å²) in [6.07, 6.45) is 4.16. The van der Waals surface area contributed by atoms with Gasteiger partial charge in [-0.1, -0.05) is 11.6 Å². The van der Waals surface area contributed by atoms with Crippen molar-refractivity contribution < 1.29 is 4.74 Å². The first kappa shape index (κ1) is 11.4. The Balaban J connectivity index is 2.13. The molecule has 94 valence electrons. The van der Waals surface area contributed by atoms with Crippen LogP contribution in [0.25, 0.3) is 11.1 Å². The molecule has 0 spiro atoms. The maximum atomic E-state index is 6.28. The second-order valence-corrected chi connectivity index (χ2v) is 5.05. The van der Waals surface area contributed by atoms with Gasteiger partial charge in [-0.25, -0.2) is 0 Å². The van der Waals surface area contributed by atoms with Gasteiger partial charge in [0, 0.05) is 11.1 Å². The van der Waals surface area contributed by atoms with Gasteiger partial charge in [-0.2, -0.15) is 5.10 Å². The minimum atomic E-state index is 0.289. The first-order chi connectivity index (χ1) is 8.65. The summed E-state index contributed by atoms with van der Waals surface area (Å²) in [7, 11) is 0. The fourth-order valence-electron chi connectivity index (χ4n) is 1.91. The molecule has 0 aliphatic heterocycles. The lowest BCUT2D eigenvalue weighted by atomic mass is 10.0. The van der Waals surface area contributed by atoms with Crippen LogP contribution in [-0.2, 0) is 0 Å². The summed E-state index contributed by atoms with van der Waals surface area (Å²) in [4.78, 5) is 0. The van der Waals surface area contributed by atoms with E-state index in [-0.39, 0.29) is 6.10 Å². The van der Waals surface area contributed by atoms with Crippen LogP contribution in [0.2, 0.25) is 5.02 Å². The Bertz CT molecular complexity index is 590. The number of anilines is 1. The number of aromatic nitrogens is 2. The summed E-state index contributed by atoms with van der Waals surface area (Å²) in [5, 5.41) is 7.30. The first-order valence-electron chi connectivity index (χ1n) is 5.91. The fraction of sp³-hybridized carbons (Fsp3) is 0.308. The molecule has 1 fully saturated rings. The van der Waals surface area contributed by atoms with Crippen LogP contribution >= 0.6 is 11.6 Å². The zero-order chi connectivity index (χ0) is 12.7. The van der Waals surface area contributed by atoms with Crippen molar-refractivity contribution in [1.29, 1.82) is 0 Å². The number of nitrogens with zero attached hydrogens (tertiary/aromatic N) is 1. The molecule has 0 bridgehead atoms. The van der Waals surface area contributed by atoms with Gasteiger partial charge in [-0.15, -0.1) is 0 Å². The van der Waals surface area contributed by atoms with E-state index in [0.29, 0.717) is 16.6 Å². The maximum absolute atomic E-state index is 6.28. The number of nitrogens with two attached hydrogens (primary N) is 1. The SMILES string of the molecule is Cc1cc(Cl)c(OC2CC2)c(-c2cn[nH]c2N)c1. The highest BCUT2D eigenvalue weighted by atomic mass is 35.5. The highest BCUT2D eigenvalue weighted by Crippen LogP contribution is 2.41. The van der Waals surface area contributed by atoms with Gasteiger partial charge in [0.15, 0.2) is 0 Å². The number of benzene rings is 1. The standard InChI is InChI=1S/C13H14ClN3O/c1-7-4-9(10-6-16-17-13(10)15)12(11(14)5-7)18-8-2-3-8/h4-6,8H,2-3H2,1H3,(H3,15,16,17). The van der Waals surface area contributed by atoms with Crippen molar-refractivity contribution in [2.45, 2.75) is 25.9 Å². The van der Waals surface area contributed by atoms with Crippen molar-refractivity contribution in [3.63, 3.8) is 0 Å². The number of aryl methyl sites for hydroxylation is 1. The minimum absolute atomic E-state index is 0.289.